The molecule has 0 amide bonds. The molecule has 0 saturated carbocycles. The summed E-state index contributed by atoms with van der Waals surface area (Å²) in [4.78, 5) is 0. The van der Waals surface area contributed by atoms with Crippen LogP contribution in [-0.2, 0) is 10.8 Å². The molecule has 2 unspecified atom stereocenters. The molecule has 1 aromatic carbocycles. The van der Waals surface area contributed by atoms with Crippen molar-refractivity contribution in [3.05, 3.63) is 103 Å². The number of hydrogen-bond donors (Lipinski definition) is 1. The van der Waals surface area contributed by atoms with E-state index in [0.29, 0.717) is 5.75 Å². The minimum absolute atomic E-state index is 0.215. The van der Waals surface area contributed by atoms with E-state index in [-0.39, 0.29) is 10.8 Å². The van der Waals surface area contributed by atoms with E-state index < -0.39 is 0 Å². The molecule has 2 aliphatic rings. The molecule has 0 heterocycles. The van der Waals surface area contributed by atoms with E-state index >= 15 is 0 Å². The monoisotopic (exact) mass is 302 g/mol. The number of benzene rings is 1. The van der Waals surface area contributed by atoms with Gasteiger partial charge in [0.25, 0.3) is 0 Å². The molecule has 2 aliphatic carbocycles. The van der Waals surface area contributed by atoms with Crippen molar-refractivity contribution in [1.82, 2.24) is 0 Å². The quantitative estimate of drug-likeness (QED) is 0.751. The summed E-state index contributed by atoms with van der Waals surface area (Å²) in [6.07, 6.45) is 22.3. The fourth-order valence-corrected chi connectivity index (χ4v) is 3.42. The Hall–Kier alpha value is -2.54. The van der Waals surface area contributed by atoms with Crippen LogP contribution in [0.25, 0.3) is 0 Å². The molecule has 0 radical (unpaired) electrons. The summed E-state index contributed by atoms with van der Waals surface area (Å²) < 4.78 is 0. The predicted octanol–water partition coefficient (Wildman–Crippen LogP) is 5.27. The van der Waals surface area contributed by atoms with Crippen LogP contribution in [0.2, 0.25) is 0 Å². The van der Waals surface area contributed by atoms with E-state index in [0.717, 1.165) is 24.0 Å². The Morgan fingerprint density at radius 2 is 1.48 bits per heavy atom. The summed E-state index contributed by atoms with van der Waals surface area (Å²) in [7, 11) is 0. The van der Waals surface area contributed by atoms with Crippen LogP contribution in [0, 0.1) is 0 Å². The first-order chi connectivity index (χ1) is 11.2. The van der Waals surface area contributed by atoms with Crippen molar-refractivity contribution in [2.75, 3.05) is 0 Å². The third kappa shape index (κ3) is 2.53. The van der Waals surface area contributed by atoms with Gasteiger partial charge in [0.2, 0.25) is 0 Å². The standard InChI is InChI=1S/C22H22O/c1-3-21(13-7-5-8-14-21)18-11-12-20(23)19(17-18)22(4-2)15-9-6-10-16-22/h3-13,15,17,23H,1-2,14,16H2. The van der Waals surface area contributed by atoms with Crippen molar-refractivity contribution in [2.24, 2.45) is 0 Å². The molecule has 0 aliphatic heterocycles. The topological polar surface area (TPSA) is 20.2 Å². The van der Waals surface area contributed by atoms with Crippen molar-refractivity contribution in [2.45, 2.75) is 23.7 Å². The second kappa shape index (κ2) is 5.92. The number of phenols is 1. The third-order valence-corrected chi connectivity index (χ3v) is 4.96. The molecule has 1 nitrogen and oxygen atoms in total. The molecule has 0 spiro atoms. The molecule has 1 heteroatoms. The highest BCUT2D eigenvalue weighted by atomic mass is 16.3. The summed E-state index contributed by atoms with van der Waals surface area (Å²) >= 11 is 0. The van der Waals surface area contributed by atoms with E-state index in [9.17, 15) is 5.11 Å². The van der Waals surface area contributed by atoms with E-state index in [1.807, 2.05) is 30.4 Å². The minimum atomic E-state index is -0.356. The molecular formula is C22H22O. The number of hydrogen-bond acceptors (Lipinski definition) is 1. The Labute approximate surface area is 138 Å². The zero-order valence-corrected chi connectivity index (χ0v) is 13.3. The Kier molecular flexibility index (Phi) is 3.96. The fraction of sp³-hybridized carbons (Fsp3) is 0.182. The van der Waals surface area contributed by atoms with Gasteiger partial charge in [-0.15, -0.1) is 13.2 Å². The van der Waals surface area contributed by atoms with E-state index in [1.54, 1.807) is 6.07 Å². The van der Waals surface area contributed by atoms with Crippen LogP contribution in [-0.4, -0.2) is 5.11 Å². The summed E-state index contributed by atoms with van der Waals surface area (Å²) in [5.74, 6) is 0.308. The summed E-state index contributed by atoms with van der Waals surface area (Å²) in [6.45, 7) is 8.05. The molecule has 0 bridgehead atoms. The lowest BCUT2D eigenvalue weighted by molar-refractivity contribution is 0.455. The van der Waals surface area contributed by atoms with Crippen LogP contribution >= 0.6 is 0 Å². The lowest BCUT2D eigenvalue weighted by Gasteiger charge is -2.33. The van der Waals surface area contributed by atoms with Crippen molar-refractivity contribution in [3.8, 4) is 5.75 Å². The first kappa shape index (κ1) is 15.4. The fourth-order valence-electron chi connectivity index (χ4n) is 3.42. The highest BCUT2D eigenvalue weighted by Gasteiger charge is 2.32. The average Bonchev–Trinajstić information content (AvgIpc) is 2.63. The van der Waals surface area contributed by atoms with Gasteiger partial charge in [0.15, 0.2) is 0 Å². The summed E-state index contributed by atoms with van der Waals surface area (Å²) in [5, 5.41) is 10.5. The molecule has 0 aromatic heterocycles. The predicted molar refractivity (Wildman–Crippen MR) is 97.7 cm³/mol. The van der Waals surface area contributed by atoms with Gasteiger partial charge in [0.05, 0.1) is 0 Å². The van der Waals surface area contributed by atoms with E-state index in [4.69, 9.17) is 0 Å². The molecule has 23 heavy (non-hydrogen) atoms. The first-order valence-electron chi connectivity index (χ1n) is 7.96. The zero-order valence-electron chi connectivity index (χ0n) is 13.3. The highest BCUT2D eigenvalue weighted by molar-refractivity contribution is 5.53. The third-order valence-electron chi connectivity index (χ3n) is 4.96. The maximum absolute atomic E-state index is 10.5. The van der Waals surface area contributed by atoms with Crippen LogP contribution in [0.3, 0.4) is 0 Å². The van der Waals surface area contributed by atoms with Crippen LogP contribution < -0.4 is 0 Å². The molecule has 3 rings (SSSR count). The Morgan fingerprint density at radius 3 is 2.00 bits per heavy atom. The van der Waals surface area contributed by atoms with Crippen LogP contribution in [0.1, 0.15) is 24.0 Å². The van der Waals surface area contributed by atoms with Crippen LogP contribution in [0.5, 0.6) is 5.75 Å². The number of allylic oxidation sites excluding steroid dienone is 10. The number of phenolic OH excluding ortho intramolecular Hbond substituents is 1. The normalized spacial score (nSPS) is 28.7. The molecule has 2 atom stereocenters. The average molecular weight is 302 g/mol. The summed E-state index contributed by atoms with van der Waals surface area (Å²) in [6, 6.07) is 5.88. The molecule has 0 fully saturated rings. The second-order valence-electron chi connectivity index (χ2n) is 6.20. The maximum atomic E-state index is 10.5. The van der Waals surface area contributed by atoms with Gasteiger partial charge in [-0.1, -0.05) is 66.8 Å². The number of rotatable bonds is 4. The first-order valence-corrected chi connectivity index (χ1v) is 7.96. The maximum Gasteiger partial charge on any atom is 0.120 e. The van der Waals surface area contributed by atoms with Gasteiger partial charge in [-0.3, -0.25) is 0 Å². The molecule has 1 N–H and O–H groups in total. The van der Waals surface area contributed by atoms with Crippen molar-refractivity contribution >= 4 is 0 Å². The zero-order chi connectivity index (χ0) is 16.3. The lowest BCUT2D eigenvalue weighted by atomic mass is 9.71. The van der Waals surface area contributed by atoms with Gasteiger partial charge in [-0.2, -0.15) is 0 Å². The molecule has 116 valence electrons. The minimum Gasteiger partial charge on any atom is -0.508 e. The highest BCUT2D eigenvalue weighted by Crippen LogP contribution is 2.42. The largest absolute Gasteiger partial charge is 0.508 e. The van der Waals surface area contributed by atoms with Gasteiger partial charge in [0, 0.05) is 16.4 Å². The Balaban J connectivity index is 2.13. The van der Waals surface area contributed by atoms with Gasteiger partial charge in [0.1, 0.15) is 5.75 Å². The van der Waals surface area contributed by atoms with Crippen molar-refractivity contribution < 1.29 is 5.11 Å². The van der Waals surface area contributed by atoms with Crippen LogP contribution in [0.15, 0.2) is 92.1 Å². The number of aromatic hydroxyl groups is 1. The van der Waals surface area contributed by atoms with Crippen molar-refractivity contribution in [1.29, 1.82) is 0 Å². The smallest absolute Gasteiger partial charge is 0.120 e. The van der Waals surface area contributed by atoms with Crippen molar-refractivity contribution in [3.63, 3.8) is 0 Å². The lowest BCUT2D eigenvalue weighted by Crippen LogP contribution is -2.25. The molecule has 0 saturated heterocycles. The van der Waals surface area contributed by atoms with Crippen LogP contribution in [0.4, 0.5) is 0 Å². The van der Waals surface area contributed by atoms with Gasteiger partial charge in [-0.05, 0) is 30.5 Å². The van der Waals surface area contributed by atoms with Gasteiger partial charge in [-0.25, -0.2) is 0 Å². The second-order valence-corrected chi connectivity index (χ2v) is 6.20. The molecular weight excluding hydrogens is 280 g/mol. The van der Waals surface area contributed by atoms with Gasteiger partial charge >= 0.3 is 0 Å². The summed E-state index contributed by atoms with van der Waals surface area (Å²) in [5.41, 5.74) is 1.47. The van der Waals surface area contributed by atoms with E-state index in [2.05, 4.69) is 55.7 Å². The SMILES string of the molecule is C=CC1(c2ccc(O)c(C3(C=C)C=CC=CC3)c2)C=CC=CC1. The van der Waals surface area contributed by atoms with E-state index in [1.165, 1.54) is 0 Å². The Morgan fingerprint density at radius 1 is 0.870 bits per heavy atom. The van der Waals surface area contributed by atoms with Gasteiger partial charge < -0.3 is 5.11 Å². The molecule has 1 aromatic rings. The Bertz CT molecular complexity index is 747.